The van der Waals surface area contributed by atoms with Gasteiger partial charge in [-0.1, -0.05) is 11.6 Å². The highest BCUT2D eigenvalue weighted by Gasteiger charge is 2.28. The fraction of sp³-hybridized carbons (Fsp3) is 0.375. The first kappa shape index (κ1) is 12.6. The predicted molar refractivity (Wildman–Crippen MR) is 54.4 cm³/mol. The number of ether oxygens (including phenoxy) is 1. The number of carbonyl (C=O) groups is 1. The zero-order valence-electron chi connectivity index (χ0n) is 8.29. The summed E-state index contributed by atoms with van der Waals surface area (Å²) in [6.07, 6.45) is -2.20. The number of aliphatic hydroxyl groups is 2. The molecule has 1 aromatic heterocycles. The van der Waals surface area contributed by atoms with Crippen LogP contribution in [0.5, 0.6) is 0 Å². The smallest absolute Gasteiger partial charge is 0.337 e. The molecule has 0 aliphatic heterocycles. The summed E-state index contributed by atoms with van der Waals surface area (Å²) in [5.41, 5.74) is 5.24. The van der Waals surface area contributed by atoms with Gasteiger partial charge in [-0.25, -0.2) is 14.8 Å². The number of hydrogen-bond donors (Lipinski definition) is 3. The van der Waals surface area contributed by atoms with Crippen LogP contribution < -0.4 is 5.73 Å². The molecule has 7 nitrogen and oxygen atoms in total. The van der Waals surface area contributed by atoms with Gasteiger partial charge in [-0.2, -0.15) is 0 Å². The third kappa shape index (κ3) is 2.57. The van der Waals surface area contributed by atoms with E-state index in [1.54, 1.807) is 0 Å². The standard InChI is InChI=1S/C8H10ClN3O4/c1-16-7(15)5(14)4(13)3-2-11-8(10)12-6(3)9/h2,4-5,13-14H,1H3,(H2,10,11,12). The van der Waals surface area contributed by atoms with E-state index in [0.29, 0.717) is 0 Å². The number of anilines is 1. The molecule has 0 saturated carbocycles. The fourth-order valence-electron chi connectivity index (χ4n) is 1.00. The molecule has 0 aliphatic carbocycles. The van der Waals surface area contributed by atoms with Crippen molar-refractivity contribution in [3.63, 3.8) is 0 Å². The summed E-state index contributed by atoms with van der Waals surface area (Å²) in [5, 5.41) is 18.8. The number of rotatable bonds is 3. The van der Waals surface area contributed by atoms with Gasteiger partial charge in [0.25, 0.3) is 0 Å². The maximum Gasteiger partial charge on any atom is 0.337 e. The Kier molecular flexibility index (Phi) is 3.99. The summed E-state index contributed by atoms with van der Waals surface area (Å²) in [6, 6.07) is 0. The van der Waals surface area contributed by atoms with Gasteiger partial charge in [-0.15, -0.1) is 0 Å². The van der Waals surface area contributed by atoms with E-state index in [0.717, 1.165) is 13.3 Å². The van der Waals surface area contributed by atoms with Gasteiger partial charge in [0, 0.05) is 11.8 Å². The van der Waals surface area contributed by atoms with E-state index in [9.17, 15) is 15.0 Å². The van der Waals surface area contributed by atoms with Crippen molar-refractivity contribution in [3.8, 4) is 0 Å². The molecule has 0 bridgehead atoms. The summed E-state index contributed by atoms with van der Waals surface area (Å²) in [6.45, 7) is 0. The molecule has 2 atom stereocenters. The molecule has 2 unspecified atom stereocenters. The van der Waals surface area contributed by atoms with Crippen LogP contribution >= 0.6 is 11.6 Å². The first-order valence-corrected chi connectivity index (χ1v) is 4.57. The van der Waals surface area contributed by atoms with Crippen LogP contribution in [0.15, 0.2) is 6.20 Å². The Morgan fingerprint density at radius 3 is 2.75 bits per heavy atom. The van der Waals surface area contributed by atoms with Gasteiger partial charge >= 0.3 is 5.97 Å². The molecule has 0 amide bonds. The van der Waals surface area contributed by atoms with Crippen LogP contribution in [0.3, 0.4) is 0 Å². The molecule has 0 spiro atoms. The van der Waals surface area contributed by atoms with E-state index in [-0.39, 0.29) is 16.7 Å². The third-order valence-electron chi connectivity index (χ3n) is 1.85. The lowest BCUT2D eigenvalue weighted by atomic mass is 10.1. The van der Waals surface area contributed by atoms with Crippen LogP contribution in [-0.2, 0) is 9.53 Å². The molecule has 0 fully saturated rings. The van der Waals surface area contributed by atoms with Crippen molar-refractivity contribution in [1.29, 1.82) is 0 Å². The van der Waals surface area contributed by atoms with Gasteiger partial charge in [-0.3, -0.25) is 0 Å². The van der Waals surface area contributed by atoms with Crippen LogP contribution in [0.1, 0.15) is 11.7 Å². The Bertz CT molecular complexity index is 401. The van der Waals surface area contributed by atoms with E-state index in [1.165, 1.54) is 0 Å². The lowest BCUT2D eigenvalue weighted by molar-refractivity contribution is -0.156. The summed E-state index contributed by atoms with van der Waals surface area (Å²) in [5.74, 6) is -1.06. The maximum absolute atomic E-state index is 11.0. The molecular formula is C8H10ClN3O4. The van der Waals surface area contributed by atoms with Crippen molar-refractivity contribution in [2.45, 2.75) is 12.2 Å². The zero-order chi connectivity index (χ0) is 12.3. The molecule has 1 rings (SSSR count). The third-order valence-corrected chi connectivity index (χ3v) is 2.15. The van der Waals surface area contributed by atoms with E-state index < -0.39 is 18.2 Å². The van der Waals surface area contributed by atoms with Gasteiger partial charge < -0.3 is 20.7 Å². The monoisotopic (exact) mass is 247 g/mol. The Hall–Kier alpha value is -1.44. The number of methoxy groups -OCH3 is 1. The second-order valence-corrected chi connectivity index (χ2v) is 3.25. The van der Waals surface area contributed by atoms with Crippen LogP contribution in [0.4, 0.5) is 5.95 Å². The molecule has 88 valence electrons. The number of nitrogens with two attached hydrogens (primary N) is 1. The topological polar surface area (TPSA) is 119 Å². The molecule has 4 N–H and O–H groups in total. The summed E-state index contributed by atoms with van der Waals surface area (Å²) in [7, 11) is 1.08. The van der Waals surface area contributed by atoms with Crippen molar-refractivity contribution in [3.05, 3.63) is 16.9 Å². The minimum absolute atomic E-state index is 0.00577. The summed E-state index contributed by atoms with van der Waals surface area (Å²) >= 11 is 5.66. The van der Waals surface area contributed by atoms with Crippen LogP contribution in [0.2, 0.25) is 5.15 Å². The second kappa shape index (κ2) is 5.06. The Morgan fingerprint density at radius 1 is 1.62 bits per heavy atom. The van der Waals surface area contributed by atoms with E-state index in [2.05, 4.69) is 14.7 Å². The van der Waals surface area contributed by atoms with Crippen molar-refractivity contribution in [2.24, 2.45) is 0 Å². The number of hydrogen-bond acceptors (Lipinski definition) is 7. The normalized spacial score (nSPS) is 14.2. The molecule has 16 heavy (non-hydrogen) atoms. The highest BCUT2D eigenvalue weighted by molar-refractivity contribution is 6.30. The van der Waals surface area contributed by atoms with Crippen molar-refractivity contribution < 1.29 is 19.7 Å². The molecule has 0 radical (unpaired) electrons. The molecule has 8 heteroatoms. The SMILES string of the molecule is COC(=O)C(O)C(O)c1cnc(N)nc1Cl. The van der Waals surface area contributed by atoms with Gasteiger partial charge in [0.2, 0.25) is 5.95 Å². The number of halogens is 1. The largest absolute Gasteiger partial charge is 0.467 e. The summed E-state index contributed by atoms with van der Waals surface area (Å²) in [4.78, 5) is 18.1. The lowest BCUT2D eigenvalue weighted by Crippen LogP contribution is -2.29. The highest BCUT2D eigenvalue weighted by Crippen LogP contribution is 2.23. The molecule has 1 heterocycles. The molecule has 0 aromatic carbocycles. The van der Waals surface area contributed by atoms with Gasteiger partial charge in [0.1, 0.15) is 11.3 Å². The average Bonchev–Trinajstić information content (AvgIpc) is 2.26. The molecule has 0 saturated heterocycles. The zero-order valence-corrected chi connectivity index (χ0v) is 9.05. The maximum atomic E-state index is 11.0. The van der Waals surface area contributed by atoms with Crippen LogP contribution in [0, 0.1) is 0 Å². The van der Waals surface area contributed by atoms with Crippen molar-refractivity contribution in [1.82, 2.24) is 9.97 Å². The quantitative estimate of drug-likeness (QED) is 0.476. The number of esters is 1. The van der Waals surface area contributed by atoms with Gasteiger partial charge in [0.15, 0.2) is 6.10 Å². The Labute approximate surface area is 95.8 Å². The minimum Gasteiger partial charge on any atom is -0.467 e. The van der Waals surface area contributed by atoms with Gasteiger partial charge in [0.05, 0.1) is 7.11 Å². The predicted octanol–water partition coefficient (Wildman–Crippen LogP) is -0.721. The van der Waals surface area contributed by atoms with Crippen LogP contribution in [-0.4, -0.2) is 39.4 Å². The first-order valence-electron chi connectivity index (χ1n) is 4.19. The van der Waals surface area contributed by atoms with Crippen LogP contribution in [0.25, 0.3) is 0 Å². The lowest BCUT2D eigenvalue weighted by Gasteiger charge is -2.16. The first-order chi connectivity index (χ1) is 7.47. The highest BCUT2D eigenvalue weighted by atomic mass is 35.5. The number of nitrogens with zero attached hydrogens (tertiary/aromatic N) is 2. The number of carbonyl (C=O) groups excluding carboxylic acids is 1. The number of nitrogen functional groups attached to an aromatic ring is 1. The Morgan fingerprint density at radius 2 is 2.25 bits per heavy atom. The number of aliphatic hydroxyl groups excluding tert-OH is 2. The fourth-order valence-corrected chi connectivity index (χ4v) is 1.25. The van der Waals surface area contributed by atoms with E-state index in [1.807, 2.05) is 0 Å². The van der Waals surface area contributed by atoms with Crippen molar-refractivity contribution >= 4 is 23.5 Å². The molecule has 0 aliphatic rings. The molecule has 1 aromatic rings. The number of aromatic nitrogens is 2. The Balaban J connectivity index is 2.96. The summed E-state index contributed by atoms with van der Waals surface area (Å²) < 4.78 is 4.26. The van der Waals surface area contributed by atoms with Crippen molar-refractivity contribution in [2.75, 3.05) is 12.8 Å². The van der Waals surface area contributed by atoms with E-state index >= 15 is 0 Å². The second-order valence-electron chi connectivity index (χ2n) is 2.89. The average molecular weight is 248 g/mol. The molecular weight excluding hydrogens is 238 g/mol. The minimum atomic E-state index is -1.75. The van der Waals surface area contributed by atoms with E-state index in [4.69, 9.17) is 17.3 Å². The van der Waals surface area contributed by atoms with Gasteiger partial charge in [-0.05, 0) is 0 Å².